The fourth-order valence-corrected chi connectivity index (χ4v) is 6.85. The van der Waals surface area contributed by atoms with Gasteiger partial charge in [-0.05, 0) is 76.1 Å². The van der Waals surface area contributed by atoms with Gasteiger partial charge in [0.2, 0.25) is 0 Å². The normalized spacial score (nSPS) is 27.0. The zero-order valence-electron chi connectivity index (χ0n) is 23.5. The molecule has 2 aliphatic carbocycles. The van der Waals surface area contributed by atoms with E-state index in [1.165, 1.54) is 12.4 Å². The summed E-state index contributed by atoms with van der Waals surface area (Å²) in [5.41, 5.74) is 1.97. The molecule has 0 spiro atoms. The number of nitrogens with one attached hydrogen (secondary N) is 1. The number of halogens is 3. The number of aliphatic hydroxyl groups excluding tert-OH is 2. The third kappa shape index (κ3) is 5.47. The largest absolute Gasteiger partial charge is 0.416 e. The minimum absolute atomic E-state index is 0.0641. The number of benzene rings is 1. The summed E-state index contributed by atoms with van der Waals surface area (Å²) in [6.45, 7) is 7.87. The Kier molecular flexibility index (Phi) is 7.32. The molecule has 41 heavy (non-hydrogen) atoms. The standard InChI is InChI=1S/C30H37F3N6O2/c1-16(2)38(14-20-11-25(28(41)27(20)40)39-7-6-22-17(3)34-15-35-29(22)39)13-19-8-18(9-19)10-26-36-23-5-4-21(30(31,32)33)12-24(23)37-26/h4-7,12,15-16,18-20,25,27-28,40-41H,8-11,13-14H2,1-3H3,(H,36,37)/t18?,19?,20-,25-,27-,28+/m1/s1. The van der Waals surface area contributed by atoms with Crippen LogP contribution < -0.4 is 0 Å². The molecule has 0 aliphatic heterocycles. The van der Waals surface area contributed by atoms with E-state index in [1.807, 2.05) is 23.8 Å². The van der Waals surface area contributed by atoms with E-state index in [0.717, 1.165) is 60.5 Å². The molecular formula is C30H37F3N6O2. The molecule has 6 rings (SSSR count). The number of aromatic nitrogens is 5. The molecule has 8 nitrogen and oxygen atoms in total. The molecule has 3 N–H and O–H groups in total. The van der Waals surface area contributed by atoms with Gasteiger partial charge in [-0.3, -0.25) is 0 Å². The van der Waals surface area contributed by atoms with Gasteiger partial charge in [0.1, 0.15) is 23.9 Å². The number of aryl methyl sites for hydroxylation is 1. The number of hydrogen-bond donors (Lipinski definition) is 3. The van der Waals surface area contributed by atoms with Crippen molar-refractivity contribution in [3.63, 3.8) is 0 Å². The summed E-state index contributed by atoms with van der Waals surface area (Å²) in [7, 11) is 0. The predicted octanol–water partition coefficient (Wildman–Crippen LogP) is 4.90. The molecule has 1 aromatic carbocycles. The highest BCUT2D eigenvalue weighted by molar-refractivity contribution is 5.78. The van der Waals surface area contributed by atoms with Crippen LogP contribution in [-0.4, -0.2) is 71.0 Å². The van der Waals surface area contributed by atoms with Crippen LogP contribution in [0.4, 0.5) is 13.2 Å². The molecule has 2 aliphatic rings. The van der Waals surface area contributed by atoms with Crippen LogP contribution in [0.3, 0.4) is 0 Å². The van der Waals surface area contributed by atoms with Crippen LogP contribution in [0.1, 0.15) is 56.2 Å². The van der Waals surface area contributed by atoms with Crippen molar-refractivity contribution in [1.29, 1.82) is 0 Å². The average molecular weight is 571 g/mol. The number of aliphatic hydroxyl groups is 2. The van der Waals surface area contributed by atoms with Crippen molar-refractivity contribution >= 4 is 22.1 Å². The quantitative estimate of drug-likeness (QED) is 0.279. The van der Waals surface area contributed by atoms with Crippen LogP contribution in [0, 0.1) is 24.7 Å². The lowest BCUT2D eigenvalue weighted by Gasteiger charge is -2.40. The van der Waals surface area contributed by atoms with Crippen molar-refractivity contribution in [2.75, 3.05) is 13.1 Å². The molecule has 3 aromatic heterocycles. The van der Waals surface area contributed by atoms with Gasteiger partial charge in [0.05, 0.1) is 34.4 Å². The van der Waals surface area contributed by atoms with Crippen molar-refractivity contribution in [2.24, 2.45) is 17.8 Å². The van der Waals surface area contributed by atoms with Gasteiger partial charge >= 0.3 is 6.18 Å². The minimum Gasteiger partial charge on any atom is -0.390 e. The Balaban J connectivity index is 1.05. The number of alkyl halides is 3. The molecule has 4 aromatic rings. The lowest BCUT2D eigenvalue weighted by atomic mass is 9.72. The molecule has 0 unspecified atom stereocenters. The van der Waals surface area contributed by atoms with E-state index in [1.54, 1.807) is 0 Å². The van der Waals surface area contributed by atoms with E-state index in [9.17, 15) is 23.4 Å². The van der Waals surface area contributed by atoms with Gasteiger partial charge in [0.25, 0.3) is 0 Å². The van der Waals surface area contributed by atoms with Crippen LogP contribution in [0.15, 0.2) is 36.8 Å². The monoisotopic (exact) mass is 570 g/mol. The third-order valence-electron chi connectivity index (χ3n) is 9.20. The van der Waals surface area contributed by atoms with Crippen molar-refractivity contribution in [3.8, 4) is 0 Å². The maximum absolute atomic E-state index is 13.1. The van der Waals surface area contributed by atoms with Gasteiger partial charge in [-0.15, -0.1) is 0 Å². The minimum atomic E-state index is -4.37. The molecular weight excluding hydrogens is 533 g/mol. The van der Waals surface area contributed by atoms with Gasteiger partial charge in [0.15, 0.2) is 0 Å². The maximum Gasteiger partial charge on any atom is 0.416 e. The zero-order chi connectivity index (χ0) is 29.1. The highest BCUT2D eigenvalue weighted by Gasteiger charge is 2.44. The second-order valence-corrected chi connectivity index (χ2v) is 12.3. The number of hydrogen-bond acceptors (Lipinski definition) is 6. The molecule has 4 atom stereocenters. The molecule has 0 saturated heterocycles. The first-order chi connectivity index (χ1) is 19.5. The molecule has 3 heterocycles. The van der Waals surface area contributed by atoms with Crippen LogP contribution in [0.2, 0.25) is 0 Å². The summed E-state index contributed by atoms with van der Waals surface area (Å²) >= 11 is 0. The topological polar surface area (TPSA) is 103 Å². The highest BCUT2D eigenvalue weighted by atomic mass is 19.4. The van der Waals surface area contributed by atoms with Gasteiger partial charge in [-0.25, -0.2) is 15.0 Å². The van der Waals surface area contributed by atoms with Gasteiger partial charge in [0, 0.05) is 43.1 Å². The van der Waals surface area contributed by atoms with E-state index < -0.39 is 23.9 Å². The number of aromatic amines is 1. The second kappa shape index (κ2) is 10.7. The van der Waals surface area contributed by atoms with Crippen molar-refractivity contribution in [2.45, 2.75) is 76.9 Å². The molecule has 11 heteroatoms. The summed E-state index contributed by atoms with van der Waals surface area (Å²) in [5, 5.41) is 23.0. The Hall–Kier alpha value is -3.02. The maximum atomic E-state index is 13.1. The zero-order valence-corrected chi connectivity index (χ0v) is 23.5. The molecule has 0 radical (unpaired) electrons. The average Bonchev–Trinajstić information content (AvgIpc) is 3.58. The summed E-state index contributed by atoms with van der Waals surface area (Å²) in [5.74, 6) is 1.62. The first-order valence-corrected chi connectivity index (χ1v) is 14.4. The van der Waals surface area contributed by atoms with Crippen molar-refractivity contribution in [1.82, 2.24) is 29.4 Å². The Bertz CT molecular complexity index is 1530. The van der Waals surface area contributed by atoms with E-state index in [-0.39, 0.29) is 12.0 Å². The first-order valence-electron chi connectivity index (χ1n) is 14.4. The molecule has 2 fully saturated rings. The number of imidazole rings is 1. The van der Waals surface area contributed by atoms with Crippen LogP contribution in [0.25, 0.3) is 22.1 Å². The number of rotatable bonds is 8. The van der Waals surface area contributed by atoms with E-state index in [4.69, 9.17) is 0 Å². The van der Waals surface area contributed by atoms with Gasteiger partial charge < -0.3 is 24.7 Å². The van der Waals surface area contributed by atoms with E-state index in [2.05, 4.69) is 38.7 Å². The lowest BCUT2D eigenvalue weighted by Crippen LogP contribution is -2.44. The van der Waals surface area contributed by atoms with Gasteiger partial charge in [-0.2, -0.15) is 13.2 Å². The summed E-state index contributed by atoms with van der Waals surface area (Å²) in [6, 6.07) is 5.64. The van der Waals surface area contributed by atoms with Crippen molar-refractivity contribution in [3.05, 3.63) is 53.9 Å². The molecule has 0 amide bonds. The van der Waals surface area contributed by atoms with E-state index >= 15 is 0 Å². The summed E-state index contributed by atoms with van der Waals surface area (Å²) in [4.78, 5) is 18.7. The number of fused-ring (bicyclic) bond motifs is 2. The second-order valence-electron chi connectivity index (χ2n) is 12.3. The highest BCUT2D eigenvalue weighted by Crippen LogP contribution is 2.40. The molecule has 0 bridgehead atoms. The van der Waals surface area contributed by atoms with Crippen LogP contribution in [-0.2, 0) is 12.6 Å². The first kappa shape index (κ1) is 28.1. The number of nitrogens with zero attached hydrogens (tertiary/aromatic N) is 5. The SMILES string of the molecule is Cc1ncnc2c1ccn2[C@@H]1C[C@H](CN(CC2CC(Cc3nc4ccc(C(F)(F)F)cc4[nH]3)C2)C(C)C)[C@@H](O)[C@H]1O. The number of H-pyrrole nitrogens is 1. The van der Waals surface area contributed by atoms with E-state index in [0.29, 0.717) is 41.9 Å². The predicted molar refractivity (Wildman–Crippen MR) is 149 cm³/mol. The third-order valence-corrected chi connectivity index (χ3v) is 9.20. The fourth-order valence-electron chi connectivity index (χ4n) is 6.85. The van der Waals surface area contributed by atoms with Crippen LogP contribution >= 0.6 is 0 Å². The smallest absolute Gasteiger partial charge is 0.390 e. The molecule has 2 saturated carbocycles. The van der Waals surface area contributed by atoms with Crippen molar-refractivity contribution < 1.29 is 23.4 Å². The lowest BCUT2D eigenvalue weighted by molar-refractivity contribution is -0.137. The fraction of sp³-hybridized carbons (Fsp3) is 0.567. The van der Waals surface area contributed by atoms with Crippen LogP contribution in [0.5, 0.6) is 0 Å². The summed E-state index contributed by atoms with van der Waals surface area (Å²) < 4.78 is 41.1. The molecule has 220 valence electrons. The Morgan fingerprint density at radius 1 is 1.05 bits per heavy atom. The Morgan fingerprint density at radius 3 is 2.56 bits per heavy atom. The van der Waals surface area contributed by atoms with Gasteiger partial charge in [-0.1, -0.05) is 0 Å². The Morgan fingerprint density at radius 2 is 1.83 bits per heavy atom. The Labute approximate surface area is 236 Å². The summed E-state index contributed by atoms with van der Waals surface area (Å²) in [6.07, 6.45) is 0.842.